The Morgan fingerprint density at radius 1 is 1.35 bits per heavy atom. The van der Waals surface area contributed by atoms with Crippen LogP contribution in [0.15, 0.2) is 30.3 Å². The molecule has 0 saturated carbocycles. The highest BCUT2D eigenvalue weighted by Gasteiger charge is 2.11. The SMILES string of the molecule is Cn1nc(Cc2ccc(O)cc2)cc1C(=O)O. The average Bonchev–Trinajstić information content (AvgIpc) is 2.63. The summed E-state index contributed by atoms with van der Waals surface area (Å²) in [5.74, 6) is -0.780. The van der Waals surface area contributed by atoms with Crippen LogP contribution in [0, 0.1) is 0 Å². The molecule has 1 aromatic heterocycles. The van der Waals surface area contributed by atoms with Crippen molar-refractivity contribution in [3.8, 4) is 5.75 Å². The maximum absolute atomic E-state index is 10.8. The molecule has 88 valence electrons. The third-order valence-corrected chi connectivity index (χ3v) is 2.47. The van der Waals surface area contributed by atoms with E-state index in [1.54, 1.807) is 37.4 Å². The van der Waals surface area contributed by atoms with Gasteiger partial charge in [0.05, 0.1) is 5.69 Å². The number of carboxylic acid groups (broad SMARTS) is 1. The molecule has 0 fully saturated rings. The van der Waals surface area contributed by atoms with E-state index in [0.717, 1.165) is 5.56 Å². The molecular weight excluding hydrogens is 220 g/mol. The second-order valence-corrected chi connectivity index (χ2v) is 3.79. The molecule has 0 aliphatic carbocycles. The zero-order chi connectivity index (χ0) is 12.4. The van der Waals surface area contributed by atoms with Crippen LogP contribution in [0.4, 0.5) is 0 Å². The van der Waals surface area contributed by atoms with Gasteiger partial charge in [-0.1, -0.05) is 12.1 Å². The zero-order valence-electron chi connectivity index (χ0n) is 9.29. The van der Waals surface area contributed by atoms with E-state index in [1.807, 2.05) is 0 Å². The van der Waals surface area contributed by atoms with Crippen LogP contribution in [-0.2, 0) is 13.5 Å². The molecular formula is C12H12N2O3. The second kappa shape index (κ2) is 4.29. The first-order chi connectivity index (χ1) is 8.06. The van der Waals surface area contributed by atoms with E-state index in [-0.39, 0.29) is 11.4 Å². The zero-order valence-corrected chi connectivity index (χ0v) is 9.29. The number of aromatic hydroxyl groups is 1. The maximum atomic E-state index is 10.8. The molecule has 17 heavy (non-hydrogen) atoms. The molecule has 0 aliphatic heterocycles. The Hall–Kier alpha value is -2.30. The minimum atomic E-state index is -0.989. The standard InChI is InChI=1S/C12H12N2O3/c1-14-11(12(16)17)7-9(13-14)6-8-2-4-10(15)5-3-8/h2-5,7,15H,6H2,1H3,(H,16,17). The Kier molecular flexibility index (Phi) is 2.82. The summed E-state index contributed by atoms with van der Waals surface area (Å²) in [6.45, 7) is 0. The van der Waals surface area contributed by atoms with Gasteiger partial charge >= 0.3 is 5.97 Å². The fraction of sp³-hybridized carbons (Fsp3) is 0.167. The lowest BCUT2D eigenvalue weighted by atomic mass is 10.1. The van der Waals surface area contributed by atoms with Crippen LogP contribution in [0.5, 0.6) is 5.75 Å². The Labute approximate surface area is 97.9 Å². The van der Waals surface area contributed by atoms with Crippen molar-refractivity contribution in [2.75, 3.05) is 0 Å². The number of carbonyl (C=O) groups is 1. The van der Waals surface area contributed by atoms with E-state index in [0.29, 0.717) is 12.1 Å². The maximum Gasteiger partial charge on any atom is 0.354 e. The molecule has 0 bridgehead atoms. The number of phenols is 1. The summed E-state index contributed by atoms with van der Waals surface area (Å²) in [6, 6.07) is 8.30. The van der Waals surface area contributed by atoms with Gasteiger partial charge in [-0.15, -0.1) is 0 Å². The van der Waals surface area contributed by atoms with Gasteiger partial charge in [0, 0.05) is 13.5 Å². The van der Waals surface area contributed by atoms with Gasteiger partial charge < -0.3 is 10.2 Å². The number of aryl methyl sites for hydroxylation is 1. The summed E-state index contributed by atoms with van der Waals surface area (Å²) in [7, 11) is 1.60. The lowest BCUT2D eigenvalue weighted by Gasteiger charge is -1.98. The lowest BCUT2D eigenvalue weighted by molar-refractivity contribution is 0.0685. The van der Waals surface area contributed by atoms with E-state index in [4.69, 9.17) is 10.2 Å². The summed E-state index contributed by atoms with van der Waals surface area (Å²) >= 11 is 0. The Morgan fingerprint density at radius 2 is 2.00 bits per heavy atom. The van der Waals surface area contributed by atoms with Crippen molar-refractivity contribution in [3.63, 3.8) is 0 Å². The van der Waals surface area contributed by atoms with Crippen LogP contribution in [0.2, 0.25) is 0 Å². The molecule has 0 amide bonds. The summed E-state index contributed by atoms with van der Waals surface area (Å²) < 4.78 is 1.35. The number of phenolic OH excluding ortho intramolecular Hbond substituents is 1. The van der Waals surface area contributed by atoms with E-state index in [9.17, 15) is 4.79 Å². The number of nitrogens with zero attached hydrogens (tertiary/aromatic N) is 2. The van der Waals surface area contributed by atoms with Crippen LogP contribution in [0.3, 0.4) is 0 Å². The van der Waals surface area contributed by atoms with Crippen molar-refractivity contribution in [1.29, 1.82) is 0 Å². The van der Waals surface area contributed by atoms with Gasteiger partial charge in [0.25, 0.3) is 0 Å². The minimum absolute atomic E-state index is 0.166. The molecule has 0 unspecified atom stereocenters. The quantitative estimate of drug-likeness (QED) is 0.839. The highest BCUT2D eigenvalue weighted by Crippen LogP contribution is 2.14. The van der Waals surface area contributed by atoms with Crippen molar-refractivity contribution in [2.45, 2.75) is 6.42 Å². The van der Waals surface area contributed by atoms with Gasteiger partial charge in [0.15, 0.2) is 0 Å². The molecule has 0 saturated heterocycles. The molecule has 0 atom stereocenters. The Balaban J connectivity index is 2.22. The molecule has 5 heteroatoms. The largest absolute Gasteiger partial charge is 0.508 e. The van der Waals surface area contributed by atoms with Crippen molar-refractivity contribution in [1.82, 2.24) is 9.78 Å². The molecule has 0 spiro atoms. The first kappa shape index (κ1) is 11.2. The minimum Gasteiger partial charge on any atom is -0.508 e. The smallest absolute Gasteiger partial charge is 0.354 e. The predicted octanol–water partition coefficient (Wildman–Crippen LogP) is 1.41. The lowest BCUT2D eigenvalue weighted by Crippen LogP contribution is -2.04. The fourth-order valence-corrected chi connectivity index (χ4v) is 1.64. The molecule has 0 aliphatic rings. The van der Waals surface area contributed by atoms with Gasteiger partial charge in [0.2, 0.25) is 0 Å². The number of carboxylic acids is 1. The van der Waals surface area contributed by atoms with Gasteiger partial charge in [0.1, 0.15) is 11.4 Å². The Morgan fingerprint density at radius 3 is 2.53 bits per heavy atom. The molecule has 1 heterocycles. The monoisotopic (exact) mass is 232 g/mol. The summed E-state index contributed by atoms with van der Waals surface area (Å²) in [5.41, 5.74) is 1.83. The van der Waals surface area contributed by atoms with E-state index >= 15 is 0 Å². The number of rotatable bonds is 3. The number of hydrogen-bond acceptors (Lipinski definition) is 3. The summed E-state index contributed by atoms with van der Waals surface area (Å²) in [6.07, 6.45) is 0.543. The normalized spacial score (nSPS) is 10.4. The summed E-state index contributed by atoms with van der Waals surface area (Å²) in [4.78, 5) is 10.8. The molecule has 0 radical (unpaired) electrons. The average molecular weight is 232 g/mol. The van der Waals surface area contributed by atoms with E-state index < -0.39 is 5.97 Å². The van der Waals surface area contributed by atoms with Crippen molar-refractivity contribution in [2.24, 2.45) is 7.05 Å². The van der Waals surface area contributed by atoms with Gasteiger partial charge in [-0.3, -0.25) is 4.68 Å². The number of aromatic carboxylic acids is 1. The van der Waals surface area contributed by atoms with Crippen LogP contribution >= 0.6 is 0 Å². The summed E-state index contributed by atoms with van der Waals surface area (Å²) in [5, 5.41) is 22.2. The van der Waals surface area contributed by atoms with Gasteiger partial charge in [-0.25, -0.2) is 4.79 Å². The topological polar surface area (TPSA) is 75.3 Å². The van der Waals surface area contributed by atoms with Gasteiger partial charge in [-0.2, -0.15) is 5.10 Å². The predicted molar refractivity (Wildman–Crippen MR) is 61.1 cm³/mol. The molecule has 2 N–H and O–H groups in total. The van der Waals surface area contributed by atoms with Gasteiger partial charge in [-0.05, 0) is 23.8 Å². The number of aromatic nitrogens is 2. The van der Waals surface area contributed by atoms with Crippen LogP contribution in [0.25, 0.3) is 0 Å². The third-order valence-electron chi connectivity index (χ3n) is 2.47. The van der Waals surface area contributed by atoms with E-state index in [1.165, 1.54) is 4.68 Å². The third kappa shape index (κ3) is 2.44. The van der Waals surface area contributed by atoms with Crippen molar-refractivity contribution >= 4 is 5.97 Å². The molecule has 1 aromatic carbocycles. The second-order valence-electron chi connectivity index (χ2n) is 3.79. The van der Waals surface area contributed by atoms with Crippen LogP contribution in [-0.4, -0.2) is 26.0 Å². The highest BCUT2D eigenvalue weighted by molar-refractivity contribution is 5.85. The van der Waals surface area contributed by atoms with Crippen LogP contribution in [0.1, 0.15) is 21.7 Å². The van der Waals surface area contributed by atoms with E-state index in [2.05, 4.69) is 5.10 Å². The number of benzene rings is 1. The van der Waals surface area contributed by atoms with Crippen molar-refractivity contribution < 1.29 is 15.0 Å². The molecule has 2 aromatic rings. The highest BCUT2D eigenvalue weighted by atomic mass is 16.4. The first-order valence-electron chi connectivity index (χ1n) is 5.10. The molecule has 2 rings (SSSR count). The number of hydrogen-bond donors (Lipinski definition) is 2. The Bertz CT molecular complexity index is 543. The molecule has 5 nitrogen and oxygen atoms in total. The first-order valence-corrected chi connectivity index (χ1v) is 5.10. The van der Waals surface area contributed by atoms with Crippen molar-refractivity contribution in [3.05, 3.63) is 47.3 Å². The fourth-order valence-electron chi connectivity index (χ4n) is 1.64. The van der Waals surface area contributed by atoms with Crippen LogP contribution < -0.4 is 0 Å².